The smallest absolute Gasteiger partial charge is 0.320 e. The highest BCUT2D eigenvalue weighted by atomic mass is 35.5. The first-order valence-corrected chi connectivity index (χ1v) is 9.33. The molecule has 1 aliphatic carbocycles. The number of nitrogens with one attached hydrogen (secondary N) is 2. The third-order valence-electron chi connectivity index (χ3n) is 4.95. The highest BCUT2D eigenvalue weighted by Gasteiger charge is 2.23. The van der Waals surface area contributed by atoms with Crippen molar-refractivity contribution in [1.82, 2.24) is 10.6 Å². The first kappa shape index (κ1) is 22.5. The Hall–Kier alpha value is -1.59. The van der Waals surface area contributed by atoms with E-state index in [9.17, 15) is 14.7 Å². The van der Waals surface area contributed by atoms with Crippen molar-refractivity contribution in [2.75, 3.05) is 0 Å². The van der Waals surface area contributed by atoms with E-state index in [-0.39, 0.29) is 24.4 Å². The monoisotopic (exact) mass is 382 g/mol. The molecule has 1 aromatic rings. The van der Waals surface area contributed by atoms with Crippen LogP contribution in [0.15, 0.2) is 18.2 Å². The fraction of sp³-hybridized carbons (Fsp3) is 0.600. The molecule has 3 atom stereocenters. The summed E-state index contributed by atoms with van der Waals surface area (Å²) in [6.07, 6.45) is 6.00. The number of rotatable bonds is 8. The van der Waals surface area contributed by atoms with Crippen LogP contribution in [0.5, 0.6) is 0 Å². The number of carbonyl (C=O) groups excluding carboxylic acids is 1. The van der Waals surface area contributed by atoms with Crippen LogP contribution in [0.3, 0.4) is 0 Å². The SMILES string of the molecule is CCCC(NC(C)C(=O)NC(C)c1ccc2c(c1)CCCC2)C(=O)O.Cl. The van der Waals surface area contributed by atoms with Crippen LogP contribution in [0.25, 0.3) is 0 Å². The summed E-state index contributed by atoms with van der Waals surface area (Å²) in [5.74, 6) is -1.09. The van der Waals surface area contributed by atoms with Gasteiger partial charge in [-0.15, -0.1) is 12.4 Å². The van der Waals surface area contributed by atoms with Crippen LogP contribution in [0.4, 0.5) is 0 Å². The van der Waals surface area contributed by atoms with E-state index in [1.54, 1.807) is 6.92 Å². The second-order valence-corrected chi connectivity index (χ2v) is 7.03. The fourth-order valence-corrected chi connectivity index (χ4v) is 3.39. The number of benzene rings is 1. The van der Waals surface area contributed by atoms with Crippen molar-refractivity contribution in [2.45, 2.75) is 77.4 Å². The van der Waals surface area contributed by atoms with Crippen LogP contribution in [0.1, 0.15) is 69.2 Å². The van der Waals surface area contributed by atoms with Crippen molar-refractivity contribution in [2.24, 2.45) is 0 Å². The highest BCUT2D eigenvalue weighted by molar-refractivity contribution is 5.85. The predicted octanol–water partition coefficient (Wildman–Crippen LogP) is 3.40. The number of aliphatic carboxylic acids is 1. The Morgan fingerprint density at radius 2 is 1.81 bits per heavy atom. The minimum Gasteiger partial charge on any atom is -0.480 e. The van der Waals surface area contributed by atoms with Crippen LogP contribution in [-0.2, 0) is 22.4 Å². The molecule has 0 radical (unpaired) electrons. The van der Waals surface area contributed by atoms with Gasteiger partial charge in [-0.3, -0.25) is 14.9 Å². The molecule has 0 aromatic heterocycles. The van der Waals surface area contributed by atoms with E-state index < -0.39 is 18.1 Å². The molecule has 1 aromatic carbocycles. The Balaban J connectivity index is 0.00000338. The molecule has 3 N–H and O–H groups in total. The van der Waals surface area contributed by atoms with Gasteiger partial charge >= 0.3 is 5.97 Å². The van der Waals surface area contributed by atoms with Gasteiger partial charge in [0.25, 0.3) is 0 Å². The molecule has 5 nitrogen and oxygen atoms in total. The molecule has 1 amide bonds. The van der Waals surface area contributed by atoms with Crippen LogP contribution in [0.2, 0.25) is 0 Å². The zero-order valence-corrected chi connectivity index (χ0v) is 16.7. The van der Waals surface area contributed by atoms with E-state index >= 15 is 0 Å². The topological polar surface area (TPSA) is 78.4 Å². The Morgan fingerprint density at radius 3 is 2.42 bits per heavy atom. The third-order valence-corrected chi connectivity index (χ3v) is 4.95. The van der Waals surface area contributed by atoms with Crippen molar-refractivity contribution in [3.63, 3.8) is 0 Å². The quantitative estimate of drug-likeness (QED) is 0.643. The molecule has 0 spiro atoms. The number of carboxylic acids is 1. The van der Waals surface area contributed by atoms with Gasteiger partial charge < -0.3 is 10.4 Å². The molecule has 26 heavy (non-hydrogen) atoms. The second-order valence-electron chi connectivity index (χ2n) is 7.03. The minimum atomic E-state index is -0.913. The molecule has 0 heterocycles. The molecule has 146 valence electrons. The summed E-state index contributed by atoms with van der Waals surface area (Å²) < 4.78 is 0. The Labute approximate surface area is 162 Å². The second kappa shape index (κ2) is 10.5. The van der Waals surface area contributed by atoms with E-state index in [2.05, 4.69) is 28.8 Å². The average molecular weight is 383 g/mol. The fourth-order valence-electron chi connectivity index (χ4n) is 3.39. The van der Waals surface area contributed by atoms with Crippen LogP contribution in [-0.4, -0.2) is 29.1 Å². The number of carboxylic acid groups (broad SMARTS) is 1. The van der Waals surface area contributed by atoms with Crippen LogP contribution < -0.4 is 10.6 Å². The largest absolute Gasteiger partial charge is 0.480 e. The lowest BCUT2D eigenvalue weighted by Gasteiger charge is -2.23. The molecule has 0 saturated carbocycles. The third kappa shape index (κ3) is 5.99. The van der Waals surface area contributed by atoms with Crippen LogP contribution in [0, 0.1) is 0 Å². The summed E-state index contributed by atoms with van der Waals surface area (Å²) in [6, 6.07) is 5.13. The summed E-state index contributed by atoms with van der Waals surface area (Å²) in [7, 11) is 0. The van der Waals surface area contributed by atoms with Crippen molar-refractivity contribution in [3.05, 3.63) is 34.9 Å². The van der Waals surface area contributed by atoms with Crippen LogP contribution >= 0.6 is 12.4 Å². The normalized spacial score (nSPS) is 16.6. The highest BCUT2D eigenvalue weighted by Crippen LogP contribution is 2.24. The molecule has 0 aliphatic heterocycles. The van der Waals surface area contributed by atoms with Gasteiger partial charge in [0.05, 0.1) is 12.1 Å². The van der Waals surface area contributed by atoms with Gasteiger partial charge in [-0.05, 0) is 62.6 Å². The minimum absolute atomic E-state index is 0. The Morgan fingerprint density at radius 1 is 1.15 bits per heavy atom. The summed E-state index contributed by atoms with van der Waals surface area (Å²) in [4.78, 5) is 23.6. The summed E-state index contributed by atoms with van der Waals surface area (Å²) in [5.41, 5.74) is 3.92. The first-order chi connectivity index (χ1) is 11.9. The van der Waals surface area contributed by atoms with Crippen molar-refractivity contribution in [1.29, 1.82) is 0 Å². The van der Waals surface area contributed by atoms with Gasteiger partial charge in [0.15, 0.2) is 0 Å². The lowest BCUT2D eigenvalue weighted by molar-refractivity contribution is -0.140. The van der Waals surface area contributed by atoms with E-state index in [0.29, 0.717) is 6.42 Å². The molecular formula is C20H31ClN2O3. The maximum Gasteiger partial charge on any atom is 0.320 e. The van der Waals surface area contributed by atoms with E-state index in [1.165, 1.54) is 24.0 Å². The van der Waals surface area contributed by atoms with Gasteiger partial charge in [-0.2, -0.15) is 0 Å². The zero-order chi connectivity index (χ0) is 18.4. The predicted molar refractivity (Wildman–Crippen MR) is 106 cm³/mol. The zero-order valence-electron chi connectivity index (χ0n) is 15.9. The summed E-state index contributed by atoms with van der Waals surface area (Å²) >= 11 is 0. The summed E-state index contributed by atoms with van der Waals surface area (Å²) in [5, 5.41) is 15.1. The molecule has 6 heteroatoms. The van der Waals surface area contributed by atoms with Gasteiger partial charge in [0.1, 0.15) is 6.04 Å². The van der Waals surface area contributed by atoms with E-state index in [4.69, 9.17) is 0 Å². The average Bonchev–Trinajstić information content (AvgIpc) is 2.60. The van der Waals surface area contributed by atoms with E-state index in [1.807, 2.05) is 13.8 Å². The van der Waals surface area contributed by atoms with Gasteiger partial charge in [0.2, 0.25) is 5.91 Å². The lowest BCUT2D eigenvalue weighted by atomic mass is 9.89. The first-order valence-electron chi connectivity index (χ1n) is 9.33. The molecule has 0 bridgehead atoms. The Kier molecular flexibility index (Phi) is 9.09. The number of amides is 1. The number of carbonyl (C=O) groups is 2. The molecular weight excluding hydrogens is 352 g/mol. The number of hydrogen-bond acceptors (Lipinski definition) is 3. The van der Waals surface area contributed by atoms with Crippen molar-refractivity contribution < 1.29 is 14.7 Å². The molecule has 2 rings (SSSR count). The van der Waals surface area contributed by atoms with Gasteiger partial charge in [-0.1, -0.05) is 31.5 Å². The van der Waals surface area contributed by atoms with Crippen molar-refractivity contribution >= 4 is 24.3 Å². The Bertz CT molecular complexity index is 621. The lowest BCUT2D eigenvalue weighted by Crippen LogP contribution is -2.49. The maximum absolute atomic E-state index is 12.4. The summed E-state index contributed by atoms with van der Waals surface area (Å²) in [6.45, 7) is 5.61. The van der Waals surface area contributed by atoms with Crippen molar-refractivity contribution in [3.8, 4) is 0 Å². The van der Waals surface area contributed by atoms with Gasteiger partial charge in [0, 0.05) is 0 Å². The number of fused-ring (bicyclic) bond motifs is 1. The molecule has 0 saturated heterocycles. The number of aryl methyl sites for hydroxylation is 2. The van der Waals surface area contributed by atoms with Gasteiger partial charge in [-0.25, -0.2) is 0 Å². The maximum atomic E-state index is 12.4. The number of hydrogen-bond donors (Lipinski definition) is 3. The standard InChI is InChI=1S/C20H30N2O3.ClH/c1-4-7-18(20(24)25)21-14(3)19(23)22-13(2)16-11-10-15-8-5-6-9-17(15)12-16;/h10-14,18,21H,4-9H2,1-3H3,(H,22,23)(H,24,25);1H. The molecule has 3 unspecified atom stereocenters. The molecule has 0 fully saturated rings. The number of halogens is 1. The van der Waals surface area contributed by atoms with E-state index in [0.717, 1.165) is 24.8 Å². The molecule has 1 aliphatic rings.